The number of aromatic nitrogens is 3. The lowest BCUT2D eigenvalue weighted by Gasteiger charge is -2.15. The first-order valence-electron chi connectivity index (χ1n) is 26.4. The third-order valence-electron chi connectivity index (χ3n) is 10.5. The SMILES string of the molecule is [2H]c1cc([2H])c2oc3cc(-c4c([2H])c([2H])c([2H])c5c4oc4c([2H])c([2H])c([2H])c([2H])c45)c([2H])c(-c4nc(-c5ccc(-c6ccccc6)c(-c6cccc7ccccc67)c5)nc(-c5c([2H])c([2H])c([2H])c([2H])c5[2H])n4)c3c2c1. The Morgan fingerprint density at radius 1 is 0.367 bits per heavy atom. The number of rotatable bonds is 6. The smallest absolute Gasteiger partial charge is 0.164 e. The highest BCUT2D eigenvalue weighted by atomic mass is 16.3. The molecule has 0 aliphatic carbocycles. The number of furan rings is 2. The van der Waals surface area contributed by atoms with E-state index in [9.17, 15) is 2.74 Å². The molecule has 0 bridgehead atoms. The van der Waals surface area contributed by atoms with Gasteiger partial charge in [0, 0.05) is 43.8 Å². The standard InChI is InChI=1S/C55H33N3O2/c1-3-15-34(16-4-1)40-30-29-37(31-46(40)42-25-13-20-35-17-7-8-21-39(35)42)54-56-53(36-18-5-2-6-19-36)57-55(58-54)47-32-38(33-50-51(47)45-23-10-12-28-49(45)59-50)41-24-14-26-44-43-22-9-11-27-48(43)60-52(41)44/h1-33H/i2D,5D,6D,9D,10D,11D,14D,18D,19D,22D,24D,26D,27D,28D,32D. The predicted octanol–water partition coefficient (Wildman–Crippen LogP) is 14.8. The molecule has 0 aliphatic heterocycles. The lowest BCUT2D eigenvalue weighted by Crippen LogP contribution is -2.01. The maximum atomic E-state index is 10.2. The van der Waals surface area contributed by atoms with Crippen LogP contribution < -0.4 is 0 Å². The Labute approximate surface area is 366 Å². The van der Waals surface area contributed by atoms with Gasteiger partial charge in [0.1, 0.15) is 22.3 Å². The van der Waals surface area contributed by atoms with Crippen LogP contribution in [0, 0.1) is 0 Å². The Kier molecular flexibility index (Phi) is 5.07. The summed E-state index contributed by atoms with van der Waals surface area (Å²) in [5.41, 5.74) is 2.08. The molecule has 0 amide bonds. The molecule has 0 aliphatic rings. The van der Waals surface area contributed by atoms with Crippen LogP contribution >= 0.6 is 0 Å². The average molecular weight is 783 g/mol. The summed E-state index contributed by atoms with van der Waals surface area (Å²) >= 11 is 0. The fourth-order valence-electron chi connectivity index (χ4n) is 7.81. The lowest BCUT2D eigenvalue weighted by atomic mass is 9.90. The van der Waals surface area contributed by atoms with Gasteiger partial charge in [0.25, 0.3) is 0 Å². The van der Waals surface area contributed by atoms with Crippen LogP contribution in [0.3, 0.4) is 0 Å². The Balaban J connectivity index is 1.23. The zero-order valence-corrected chi connectivity index (χ0v) is 31.1. The van der Waals surface area contributed by atoms with Gasteiger partial charge in [0.05, 0.1) is 20.6 Å². The van der Waals surface area contributed by atoms with Crippen LogP contribution in [0.4, 0.5) is 0 Å². The second-order valence-corrected chi connectivity index (χ2v) is 14.0. The van der Waals surface area contributed by atoms with Gasteiger partial charge in [-0.2, -0.15) is 0 Å². The van der Waals surface area contributed by atoms with Crippen molar-refractivity contribution in [2.24, 2.45) is 0 Å². The van der Waals surface area contributed by atoms with Crippen molar-refractivity contribution in [1.29, 1.82) is 0 Å². The van der Waals surface area contributed by atoms with Gasteiger partial charge >= 0.3 is 0 Å². The van der Waals surface area contributed by atoms with Crippen molar-refractivity contribution in [3.63, 3.8) is 0 Å². The van der Waals surface area contributed by atoms with Gasteiger partial charge in [-0.15, -0.1) is 0 Å². The van der Waals surface area contributed by atoms with Crippen molar-refractivity contribution in [3.05, 3.63) is 200 Å². The third kappa shape index (κ3) is 5.59. The van der Waals surface area contributed by atoms with Crippen LogP contribution in [0.2, 0.25) is 0 Å². The lowest BCUT2D eigenvalue weighted by molar-refractivity contribution is 0.668. The molecule has 3 aromatic heterocycles. The van der Waals surface area contributed by atoms with Crippen molar-refractivity contribution in [2.45, 2.75) is 0 Å². The second kappa shape index (κ2) is 13.8. The summed E-state index contributed by atoms with van der Waals surface area (Å²) in [6.07, 6.45) is 0. The average Bonchev–Trinajstić information content (AvgIpc) is 4.08. The molecule has 12 rings (SSSR count). The molecule has 0 radical (unpaired) electrons. The van der Waals surface area contributed by atoms with E-state index in [0.29, 0.717) is 5.56 Å². The molecule has 0 saturated heterocycles. The molecule has 60 heavy (non-hydrogen) atoms. The number of hydrogen-bond donors (Lipinski definition) is 0. The predicted molar refractivity (Wildman–Crippen MR) is 245 cm³/mol. The Bertz CT molecular complexity index is 4470. The molecular weight excluding hydrogens is 735 g/mol. The summed E-state index contributed by atoms with van der Waals surface area (Å²) in [6.45, 7) is 0. The molecular formula is C55H33N3O2. The fraction of sp³-hybridized carbons (Fsp3) is 0. The van der Waals surface area contributed by atoms with Gasteiger partial charge in [0.15, 0.2) is 17.5 Å². The normalized spacial score (nSPS) is 15.2. The highest BCUT2D eigenvalue weighted by molar-refractivity contribution is 6.15. The summed E-state index contributed by atoms with van der Waals surface area (Å²) in [7, 11) is 0. The van der Waals surface area contributed by atoms with Gasteiger partial charge in [-0.05, 0) is 68.8 Å². The van der Waals surface area contributed by atoms with Crippen LogP contribution in [0.5, 0.6) is 0 Å². The highest BCUT2D eigenvalue weighted by Gasteiger charge is 2.22. The van der Waals surface area contributed by atoms with Gasteiger partial charge in [0.2, 0.25) is 0 Å². The second-order valence-electron chi connectivity index (χ2n) is 14.0. The Morgan fingerprint density at radius 2 is 1.13 bits per heavy atom. The zero-order valence-electron chi connectivity index (χ0n) is 46.1. The molecule has 3 heterocycles. The van der Waals surface area contributed by atoms with Gasteiger partial charge in [-0.25, -0.2) is 15.0 Å². The van der Waals surface area contributed by atoms with E-state index in [1.165, 1.54) is 18.2 Å². The van der Waals surface area contributed by atoms with Gasteiger partial charge in [-0.3, -0.25) is 0 Å². The monoisotopic (exact) mass is 782 g/mol. The van der Waals surface area contributed by atoms with Crippen LogP contribution in [0.25, 0.3) is 122 Å². The topological polar surface area (TPSA) is 65.0 Å². The van der Waals surface area contributed by atoms with Crippen LogP contribution in [0.1, 0.15) is 20.6 Å². The molecule has 5 nitrogen and oxygen atoms in total. The van der Waals surface area contributed by atoms with Crippen molar-refractivity contribution in [1.82, 2.24) is 15.0 Å². The zero-order chi connectivity index (χ0) is 52.6. The van der Waals surface area contributed by atoms with E-state index in [4.69, 9.17) is 41.6 Å². The van der Waals surface area contributed by atoms with Gasteiger partial charge < -0.3 is 8.83 Å². The minimum Gasteiger partial charge on any atom is -0.456 e. The van der Waals surface area contributed by atoms with Crippen molar-refractivity contribution < 1.29 is 29.4 Å². The van der Waals surface area contributed by atoms with Gasteiger partial charge in [-0.1, -0.05) is 170 Å². The summed E-state index contributed by atoms with van der Waals surface area (Å²) in [6, 6.07) is 25.0. The van der Waals surface area contributed by atoms with E-state index in [-0.39, 0.29) is 95.7 Å². The number of benzene rings is 9. The molecule has 0 saturated carbocycles. The Morgan fingerprint density at radius 3 is 2.05 bits per heavy atom. The summed E-state index contributed by atoms with van der Waals surface area (Å²) in [4.78, 5) is 14.7. The van der Waals surface area contributed by atoms with E-state index < -0.39 is 78.6 Å². The van der Waals surface area contributed by atoms with E-state index in [2.05, 4.69) is 0 Å². The highest BCUT2D eigenvalue weighted by Crippen LogP contribution is 2.44. The van der Waals surface area contributed by atoms with E-state index >= 15 is 0 Å². The summed E-state index contributed by atoms with van der Waals surface area (Å²) < 4.78 is 146. The van der Waals surface area contributed by atoms with Crippen LogP contribution in [-0.4, -0.2) is 15.0 Å². The maximum absolute atomic E-state index is 10.2. The molecule has 0 spiro atoms. The first-order chi connectivity index (χ1) is 35.9. The van der Waals surface area contributed by atoms with E-state index in [1.807, 2.05) is 84.9 Å². The van der Waals surface area contributed by atoms with E-state index in [0.717, 1.165) is 33.0 Å². The largest absolute Gasteiger partial charge is 0.456 e. The summed E-state index contributed by atoms with van der Waals surface area (Å²) in [5, 5.41) is 1.79. The van der Waals surface area contributed by atoms with Crippen molar-refractivity contribution in [3.8, 4) is 67.5 Å². The number of hydrogen-bond acceptors (Lipinski definition) is 5. The quantitative estimate of drug-likeness (QED) is 0.168. The summed E-state index contributed by atoms with van der Waals surface area (Å²) in [5.74, 6) is -0.750. The maximum Gasteiger partial charge on any atom is 0.164 e. The molecule has 0 atom stereocenters. The molecule has 5 heteroatoms. The molecule has 0 fully saturated rings. The number of para-hydroxylation sites is 3. The number of fused-ring (bicyclic) bond motifs is 7. The van der Waals surface area contributed by atoms with Crippen molar-refractivity contribution >= 4 is 54.6 Å². The molecule has 9 aromatic carbocycles. The molecule has 0 unspecified atom stereocenters. The van der Waals surface area contributed by atoms with Crippen LogP contribution in [0.15, 0.2) is 209 Å². The fourth-order valence-corrected chi connectivity index (χ4v) is 7.81. The van der Waals surface area contributed by atoms with Crippen LogP contribution in [-0.2, 0) is 0 Å². The van der Waals surface area contributed by atoms with E-state index in [1.54, 1.807) is 6.07 Å². The minimum absolute atomic E-state index is 0.0125. The molecule has 280 valence electrons. The minimum atomic E-state index is -0.666. The molecule has 12 aromatic rings. The first-order valence-corrected chi connectivity index (χ1v) is 18.9. The third-order valence-corrected chi connectivity index (χ3v) is 10.5. The first kappa shape index (κ1) is 22.1. The number of nitrogens with zero attached hydrogens (tertiary/aromatic N) is 3. The molecule has 0 N–H and O–H groups in total. The Hall–Kier alpha value is -8.15. The van der Waals surface area contributed by atoms with Crippen molar-refractivity contribution in [2.75, 3.05) is 0 Å².